The minimum absolute atomic E-state index is 0.0428. The molecule has 2 aliphatic heterocycles. The third-order valence-corrected chi connectivity index (χ3v) is 16.7. The highest BCUT2D eigenvalue weighted by Gasteiger charge is 2.30. The molecule has 6 aromatic heterocycles. The molecule has 8 heterocycles. The zero-order chi connectivity index (χ0) is 60.3. The number of amides is 2. The molecule has 2 aliphatic rings. The standard InChI is InChI=1S/C29H30N8O4S.C15H23N3O2.C14H8ClN5O2S/c1-29(2,3)41-28(38)36-16-14-35(15-17-36)23-11-9-22(10-12-23)33-27-31-18-21-19-32-37(26(21)34-27)42(39,40)24-8-4-6-20-7-5-13-30-25(20)24;1-15(2,3)20-14(19)18-10-8-17(9-11-18)13-6-4-12(16)5-7-13;15-14-17-7-10-8-18-20(13(10)19-14)23(21,22)11-5-1-3-9-4-2-6-16-12(9)11/h4-13,18-19H,14-17H2,1-3H3,(H,31,33,34);4-7H,8-11,16H2,1-3H3;1-8H. The topological polar surface area (TPSA) is 285 Å². The molecule has 0 bridgehead atoms. The number of nitrogens with one attached hydrogen (secondary N) is 1. The number of aromatic nitrogens is 10. The van der Waals surface area contributed by atoms with Crippen molar-refractivity contribution in [3.8, 4) is 0 Å². The van der Waals surface area contributed by atoms with E-state index in [9.17, 15) is 26.4 Å². The van der Waals surface area contributed by atoms with Gasteiger partial charge in [-0.2, -0.15) is 37.0 Å². The molecule has 0 saturated carbocycles. The van der Waals surface area contributed by atoms with Gasteiger partial charge in [0.05, 0.1) is 34.2 Å². The number of fused-ring (bicyclic) bond motifs is 4. The highest BCUT2D eigenvalue weighted by Crippen LogP contribution is 2.29. The summed E-state index contributed by atoms with van der Waals surface area (Å²) in [4.78, 5) is 57.4. The molecule has 4 aromatic carbocycles. The van der Waals surface area contributed by atoms with Crippen molar-refractivity contribution < 1.29 is 35.9 Å². The molecular formula is C58H61ClN16O8S2. The minimum Gasteiger partial charge on any atom is -0.444 e. The van der Waals surface area contributed by atoms with E-state index >= 15 is 0 Å². The first-order chi connectivity index (χ1) is 40.5. The Bertz CT molecular complexity index is 4280. The van der Waals surface area contributed by atoms with Crippen molar-refractivity contribution in [2.24, 2.45) is 0 Å². The summed E-state index contributed by atoms with van der Waals surface area (Å²) < 4.78 is 65.9. The second-order valence-corrected chi connectivity index (χ2v) is 25.5. The van der Waals surface area contributed by atoms with Crippen LogP contribution in [0.4, 0.5) is 38.3 Å². The van der Waals surface area contributed by atoms with Gasteiger partial charge in [0.15, 0.2) is 11.3 Å². The van der Waals surface area contributed by atoms with Crippen LogP contribution in [0.1, 0.15) is 41.5 Å². The van der Waals surface area contributed by atoms with Crippen molar-refractivity contribution in [3.63, 3.8) is 0 Å². The van der Waals surface area contributed by atoms with Crippen LogP contribution in [-0.4, -0.2) is 151 Å². The molecule has 12 rings (SSSR count). The van der Waals surface area contributed by atoms with Gasteiger partial charge < -0.3 is 40.1 Å². The number of hydrogen-bond acceptors (Lipinski definition) is 20. The maximum absolute atomic E-state index is 13.6. The first kappa shape index (κ1) is 58.9. The number of carbonyl (C=O) groups is 2. The molecule has 0 unspecified atom stereocenters. The quantitative estimate of drug-likeness (QED) is 0.106. The summed E-state index contributed by atoms with van der Waals surface area (Å²) in [7, 11) is -8.06. The predicted molar refractivity (Wildman–Crippen MR) is 325 cm³/mol. The van der Waals surface area contributed by atoms with Gasteiger partial charge in [0.25, 0.3) is 20.0 Å². The van der Waals surface area contributed by atoms with E-state index in [1.807, 2.05) is 102 Å². The smallest absolute Gasteiger partial charge is 0.410 e. The number of ether oxygens (including phenoxy) is 2. The Morgan fingerprint density at radius 2 is 0.941 bits per heavy atom. The van der Waals surface area contributed by atoms with Gasteiger partial charge in [0, 0.05) is 111 Å². The third-order valence-electron chi connectivity index (χ3n) is 13.3. The first-order valence-electron chi connectivity index (χ1n) is 26.9. The van der Waals surface area contributed by atoms with E-state index in [0.717, 1.165) is 49.4 Å². The van der Waals surface area contributed by atoms with Crippen LogP contribution in [0.3, 0.4) is 0 Å². The molecule has 24 nitrogen and oxygen atoms in total. The second kappa shape index (κ2) is 24.1. The fourth-order valence-electron chi connectivity index (χ4n) is 9.26. The Balaban J connectivity index is 0.000000157. The maximum atomic E-state index is 13.6. The van der Waals surface area contributed by atoms with Crippen molar-refractivity contribution in [1.29, 1.82) is 0 Å². The van der Waals surface area contributed by atoms with Crippen LogP contribution in [-0.2, 0) is 29.5 Å². The number of pyridine rings is 2. The lowest BCUT2D eigenvalue weighted by atomic mass is 10.2. The average molecular weight is 1210 g/mol. The lowest BCUT2D eigenvalue weighted by Gasteiger charge is -2.36. The number of nitrogens with zero attached hydrogens (tertiary/aromatic N) is 14. The van der Waals surface area contributed by atoms with Gasteiger partial charge >= 0.3 is 12.2 Å². The SMILES string of the molecule is CC(C)(C)OC(=O)N1CCN(c2ccc(N)cc2)CC1.CC(C)(C)OC(=O)N1CCN(c2ccc(Nc3ncc4cnn(S(=O)(=O)c5cccc6cccnc56)c4n3)cc2)CC1.O=S(=O)(c1cccc2cccnc12)n1ncc2cnc(Cl)nc21. The van der Waals surface area contributed by atoms with Gasteiger partial charge in [-0.05, 0) is 126 Å². The number of rotatable bonds is 8. The molecule has 0 atom stereocenters. The molecule has 0 radical (unpaired) electrons. The van der Waals surface area contributed by atoms with E-state index in [1.54, 1.807) is 58.6 Å². The number of piperazine rings is 2. The summed E-state index contributed by atoms with van der Waals surface area (Å²) in [5, 5.41) is 13.5. The average Bonchev–Trinajstić information content (AvgIpc) is 2.81. The Kier molecular flexibility index (Phi) is 16.7. The van der Waals surface area contributed by atoms with E-state index in [1.165, 1.54) is 36.9 Å². The van der Waals surface area contributed by atoms with Crippen LogP contribution < -0.4 is 20.9 Å². The second-order valence-electron chi connectivity index (χ2n) is 21.7. The van der Waals surface area contributed by atoms with Crippen LogP contribution in [0.5, 0.6) is 0 Å². The summed E-state index contributed by atoms with van der Waals surface area (Å²) >= 11 is 5.77. The molecule has 2 amide bonds. The molecule has 0 spiro atoms. The summed E-state index contributed by atoms with van der Waals surface area (Å²) in [5.74, 6) is 0.231. The monoisotopic (exact) mass is 1210 g/mol. The summed E-state index contributed by atoms with van der Waals surface area (Å²) in [6, 6.07) is 32.6. The zero-order valence-corrected chi connectivity index (χ0v) is 49.7. The maximum Gasteiger partial charge on any atom is 0.410 e. The molecule has 2 fully saturated rings. The predicted octanol–water partition coefficient (Wildman–Crippen LogP) is 9.00. The number of anilines is 5. The van der Waals surface area contributed by atoms with Gasteiger partial charge in [-0.15, -0.1) is 8.17 Å². The number of benzene rings is 4. The molecule has 27 heteroatoms. The first-order valence-corrected chi connectivity index (χ1v) is 30.2. The van der Waals surface area contributed by atoms with Crippen LogP contribution in [0, 0.1) is 0 Å². The number of nitrogens with two attached hydrogens (primary N) is 1. The van der Waals surface area contributed by atoms with Crippen molar-refractivity contribution in [2.45, 2.75) is 62.5 Å². The Morgan fingerprint density at radius 3 is 1.40 bits per heavy atom. The molecule has 3 N–H and O–H groups in total. The van der Waals surface area contributed by atoms with Crippen molar-refractivity contribution in [2.75, 3.05) is 73.2 Å². The molecule has 10 aromatic rings. The van der Waals surface area contributed by atoms with Crippen molar-refractivity contribution in [1.82, 2.24) is 58.1 Å². The van der Waals surface area contributed by atoms with Crippen LogP contribution in [0.15, 0.2) is 156 Å². The number of nitrogen functional groups attached to an aromatic ring is 1. The van der Waals surface area contributed by atoms with E-state index in [0.29, 0.717) is 66.5 Å². The molecule has 0 aliphatic carbocycles. The Morgan fingerprint density at radius 1 is 0.518 bits per heavy atom. The zero-order valence-electron chi connectivity index (χ0n) is 47.3. The molecule has 440 valence electrons. The summed E-state index contributed by atoms with van der Waals surface area (Å²) in [5.41, 5.74) is 9.40. The van der Waals surface area contributed by atoms with Crippen molar-refractivity contribution >= 4 is 116 Å². The molecular weight excluding hydrogens is 1150 g/mol. The van der Waals surface area contributed by atoms with Gasteiger partial charge in [0.1, 0.15) is 21.0 Å². The number of carbonyl (C=O) groups excluding carboxylic acids is 2. The van der Waals surface area contributed by atoms with E-state index in [-0.39, 0.29) is 44.5 Å². The highest BCUT2D eigenvalue weighted by atomic mass is 35.5. The van der Waals surface area contributed by atoms with Crippen molar-refractivity contribution in [3.05, 3.63) is 152 Å². The fourth-order valence-corrected chi connectivity index (χ4v) is 12.2. The van der Waals surface area contributed by atoms with Gasteiger partial charge in [-0.25, -0.2) is 19.6 Å². The lowest BCUT2D eigenvalue weighted by Crippen LogP contribution is -2.50. The van der Waals surface area contributed by atoms with E-state index < -0.39 is 31.2 Å². The Labute approximate surface area is 495 Å². The number of hydrogen-bond donors (Lipinski definition) is 2. The van der Waals surface area contributed by atoms with Gasteiger partial charge in [-0.3, -0.25) is 9.97 Å². The minimum atomic E-state index is -4.09. The molecule has 85 heavy (non-hydrogen) atoms. The van der Waals surface area contributed by atoms with Crippen LogP contribution in [0.2, 0.25) is 5.28 Å². The number of halogens is 1. The lowest BCUT2D eigenvalue weighted by molar-refractivity contribution is 0.0230. The van der Waals surface area contributed by atoms with Crippen LogP contribution in [0.25, 0.3) is 43.9 Å². The molecule has 2 saturated heterocycles. The third kappa shape index (κ3) is 13.6. The fraction of sp³-hybridized carbons (Fsp3) is 0.276. The largest absolute Gasteiger partial charge is 0.444 e. The van der Waals surface area contributed by atoms with Crippen LogP contribution >= 0.6 is 11.6 Å². The van der Waals surface area contributed by atoms with Gasteiger partial charge in [0.2, 0.25) is 11.2 Å². The highest BCUT2D eigenvalue weighted by molar-refractivity contribution is 7.90. The summed E-state index contributed by atoms with van der Waals surface area (Å²) in [6.45, 7) is 16.8. The summed E-state index contributed by atoms with van der Waals surface area (Å²) in [6.07, 6.45) is 8.34. The van der Waals surface area contributed by atoms with Gasteiger partial charge in [-0.1, -0.05) is 36.4 Å². The van der Waals surface area contributed by atoms with E-state index in [2.05, 4.69) is 55.2 Å². The van der Waals surface area contributed by atoms with E-state index in [4.69, 9.17) is 26.8 Å². The number of para-hydroxylation sites is 2. The normalized spacial score (nSPS) is 14.2. The Hall–Kier alpha value is -9.27.